The number of aliphatic hydroxyl groups is 1. The lowest BCUT2D eigenvalue weighted by atomic mass is 9.70. The highest BCUT2D eigenvalue weighted by Crippen LogP contribution is 2.39. The molecule has 2 rings (SSSR count). The number of nitrogens with one attached hydrogen (secondary N) is 1. The minimum atomic E-state index is -0.420. The first-order valence-electron chi connectivity index (χ1n) is 6.23. The van der Waals surface area contributed by atoms with Gasteiger partial charge in [0, 0.05) is 17.6 Å². The molecule has 17 heavy (non-hydrogen) atoms. The van der Waals surface area contributed by atoms with Crippen molar-refractivity contribution in [2.45, 2.75) is 32.3 Å². The average Bonchev–Trinajstić information content (AvgIpc) is 2.26. The smallest absolute Gasteiger partial charge is 0.0914 e. The molecule has 1 aliphatic rings. The molecule has 1 aliphatic carbocycles. The van der Waals surface area contributed by atoms with Crippen molar-refractivity contribution in [3.05, 3.63) is 34.3 Å². The minimum absolute atomic E-state index is 0.420. The Labute approximate surface area is 112 Å². The van der Waals surface area contributed by atoms with Gasteiger partial charge in [-0.15, -0.1) is 0 Å². The van der Waals surface area contributed by atoms with Crippen LogP contribution in [0.25, 0.3) is 0 Å². The summed E-state index contributed by atoms with van der Waals surface area (Å²) in [4.78, 5) is 0. The fourth-order valence-corrected chi connectivity index (χ4v) is 2.72. The molecule has 94 valence electrons. The molecule has 1 unspecified atom stereocenters. The van der Waals surface area contributed by atoms with Crippen LogP contribution in [0.2, 0.25) is 0 Å². The van der Waals surface area contributed by atoms with Crippen molar-refractivity contribution in [3.63, 3.8) is 0 Å². The van der Waals surface area contributed by atoms with Gasteiger partial charge in [-0.25, -0.2) is 0 Å². The summed E-state index contributed by atoms with van der Waals surface area (Å²) in [5.74, 6) is 0. The van der Waals surface area contributed by atoms with E-state index in [2.05, 4.69) is 28.2 Å². The number of rotatable bonds is 5. The Bertz CT molecular complexity index is 376. The molecule has 0 aromatic heterocycles. The Morgan fingerprint density at radius 3 is 2.82 bits per heavy atom. The number of hydrogen-bond donors (Lipinski definition) is 2. The third-order valence-corrected chi connectivity index (χ3v) is 4.18. The maximum atomic E-state index is 10.0. The SMILES string of the molecule is CC1(CNCC(O)c2cccc(Br)c2)CCC1. The molecule has 0 saturated heterocycles. The summed E-state index contributed by atoms with van der Waals surface area (Å²) >= 11 is 3.42. The van der Waals surface area contributed by atoms with E-state index < -0.39 is 6.10 Å². The zero-order valence-corrected chi connectivity index (χ0v) is 11.8. The second-order valence-corrected chi connectivity index (χ2v) is 6.28. The molecule has 1 fully saturated rings. The molecule has 2 nitrogen and oxygen atoms in total. The Kier molecular flexibility index (Phi) is 4.23. The van der Waals surface area contributed by atoms with E-state index in [-0.39, 0.29) is 0 Å². The van der Waals surface area contributed by atoms with E-state index in [4.69, 9.17) is 0 Å². The van der Waals surface area contributed by atoms with Crippen LogP contribution in [0, 0.1) is 5.41 Å². The van der Waals surface area contributed by atoms with Crippen molar-refractivity contribution in [1.29, 1.82) is 0 Å². The second-order valence-electron chi connectivity index (χ2n) is 5.37. The molecule has 1 atom stereocenters. The molecular formula is C14H20BrNO. The summed E-state index contributed by atoms with van der Waals surface area (Å²) in [6.07, 6.45) is 3.56. The highest BCUT2D eigenvalue weighted by atomic mass is 79.9. The Morgan fingerprint density at radius 2 is 2.24 bits per heavy atom. The molecule has 0 spiro atoms. The van der Waals surface area contributed by atoms with Crippen LogP contribution in [0.3, 0.4) is 0 Å². The normalized spacial score (nSPS) is 19.7. The van der Waals surface area contributed by atoms with Gasteiger partial charge in [0.1, 0.15) is 0 Å². The second kappa shape index (κ2) is 5.51. The van der Waals surface area contributed by atoms with Crippen LogP contribution in [0.4, 0.5) is 0 Å². The fourth-order valence-electron chi connectivity index (χ4n) is 2.30. The molecule has 0 amide bonds. The van der Waals surface area contributed by atoms with Gasteiger partial charge in [0.25, 0.3) is 0 Å². The van der Waals surface area contributed by atoms with Crippen molar-refractivity contribution in [3.8, 4) is 0 Å². The number of hydrogen-bond acceptors (Lipinski definition) is 2. The lowest BCUT2D eigenvalue weighted by Crippen LogP contribution is -2.38. The van der Waals surface area contributed by atoms with Crippen LogP contribution in [0.5, 0.6) is 0 Å². The molecule has 0 heterocycles. The molecule has 2 N–H and O–H groups in total. The maximum absolute atomic E-state index is 10.0. The van der Waals surface area contributed by atoms with Crippen molar-refractivity contribution < 1.29 is 5.11 Å². The molecule has 1 aromatic rings. The highest BCUT2D eigenvalue weighted by Gasteiger charge is 2.31. The predicted octanol–water partition coefficient (Wildman–Crippen LogP) is 3.26. The van der Waals surface area contributed by atoms with Crippen LogP contribution in [-0.4, -0.2) is 18.2 Å². The summed E-state index contributed by atoms with van der Waals surface area (Å²) in [7, 11) is 0. The predicted molar refractivity (Wildman–Crippen MR) is 73.9 cm³/mol. The standard InChI is InChI=1S/C14H20BrNO/c1-14(6-3-7-14)10-16-9-13(17)11-4-2-5-12(15)8-11/h2,4-5,8,13,16-17H,3,6-7,9-10H2,1H3. The van der Waals surface area contributed by atoms with E-state index >= 15 is 0 Å². The van der Waals surface area contributed by atoms with Crippen molar-refractivity contribution in [2.75, 3.05) is 13.1 Å². The van der Waals surface area contributed by atoms with Crippen LogP contribution >= 0.6 is 15.9 Å². The fraction of sp³-hybridized carbons (Fsp3) is 0.571. The lowest BCUT2D eigenvalue weighted by Gasteiger charge is -2.38. The largest absolute Gasteiger partial charge is 0.387 e. The Hall–Kier alpha value is -0.380. The van der Waals surface area contributed by atoms with Crippen molar-refractivity contribution >= 4 is 15.9 Å². The van der Waals surface area contributed by atoms with E-state index in [0.717, 1.165) is 16.6 Å². The van der Waals surface area contributed by atoms with Gasteiger partial charge in [-0.3, -0.25) is 0 Å². The number of aliphatic hydroxyl groups excluding tert-OH is 1. The summed E-state index contributed by atoms with van der Waals surface area (Å²) in [5, 5.41) is 13.4. The minimum Gasteiger partial charge on any atom is -0.387 e. The van der Waals surface area contributed by atoms with Crippen molar-refractivity contribution in [2.24, 2.45) is 5.41 Å². The van der Waals surface area contributed by atoms with E-state index in [0.29, 0.717) is 12.0 Å². The summed E-state index contributed by atoms with van der Waals surface area (Å²) in [5.41, 5.74) is 1.43. The van der Waals surface area contributed by atoms with E-state index in [9.17, 15) is 5.11 Å². The van der Waals surface area contributed by atoms with Crippen LogP contribution in [0.15, 0.2) is 28.7 Å². The van der Waals surface area contributed by atoms with Gasteiger partial charge in [-0.1, -0.05) is 41.4 Å². The molecule has 1 aromatic carbocycles. The quantitative estimate of drug-likeness (QED) is 0.874. The maximum Gasteiger partial charge on any atom is 0.0914 e. The number of halogens is 1. The Morgan fingerprint density at radius 1 is 1.47 bits per heavy atom. The first-order valence-corrected chi connectivity index (χ1v) is 7.03. The van der Waals surface area contributed by atoms with Gasteiger partial charge < -0.3 is 10.4 Å². The average molecular weight is 298 g/mol. The van der Waals surface area contributed by atoms with Crippen LogP contribution < -0.4 is 5.32 Å². The summed E-state index contributed by atoms with van der Waals surface area (Å²) in [6, 6.07) is 7.86. The van der Waals surface area contributed by atoms with Crippen LogP contribution in [-0.2, 0) is 0 Å². The van der Waals surface area contributed by atoms with Gasteiger partial charge >= 0.3 is 0 Å². The molecule has 1 saturated carbocycles. The first kappa shape index (κ1) is 13.1. The third-order valence-electron chi connectivity index (χ3n) is 3.68. The Balaban J connectivity index is 1.79. The molecule has 0 radical (unpaired) electrons. The van der Waals surface area contributed by atoms with Gasteiger partial charge in [0.05, 0.1) is 6.10 Å². The third kappa shape index (κ3) is 3.54. The first-order chi connectivity index (χ1) is 8.09. The van der Waals surface area contributed by atoms with E-state index in [1.54, 1.807) is 0 Å². The zero-order valence-electron chi connectivity index (χ0n) is 10.2. The number of benzene rings is 1. The van der Waals surface area contributed by atoms with Crippen molar-refractivity contribution in [1.82, 2.24) is 5.32 Å². The highest BCUT2D eigenvalue weighted by molar-refractivity contribution is 9.10. The van der Waals surface area contributed by atoms with Gasteiger partial charge in [0.15, 0.2) is 0 Å². The topological polar surface area (TPSA) is 32.3 Å². The van der Waals surface area contributed by atoms with Gasteiger partial charge in [-0.2, -0.15) is 0 Å². The zero-order chi connectivity index (χ0) is 12.3. The van der Waals surface area contributed by atoms with E-state index in [1.165, 1.54) is 19.3 Å². The molecule has 0 bridgehead atoms. The van der Waals surface area contributed by atoms with Gasteiger partial charge in [0.2, 0.25) is 0 Å². The lowest BCUT2D eigenvalue weighted by molar-refractivity contribution is 0.133. The monoisotopic (exact) mass is 297 g/mol. The summed E-state index contributed by atoms with van der Waals surface area (Å²) in [6.45, 7) is 3.96. The summed E-state index contributed by atoms with van der Waals surface area (Å²) < 4.78 is 1.01. The molecule has 3 heteroatoms. The molecule has 0 aliphatic heterocycles. The van der Waals surface area contributed by atoms with E-state index in [1.807, 2.05) is 24.3 Å². The molecular weight excluding hydrogens is 278 g/mol. The van der Waals surface area contributed by atoms with Crippen LogP contribution in [0.1, 0.15) is 37.9 Å². The van der Waals surface area contributed by atoms with Gasteiger partial charge in [-0.05, 0) is 36.0 Å².